The number of esters is 1. The monoisotopic (exact) mass is 474 g/mol. The highest BCUT2D eigenvalue weighted by molar-refractivity contribution is 5.96. The number of hydrogen-bond donors (Lipinski definition) is 2. The van der Waals surface area contributed by atoms with Crippen LogP contribution in [0.25, 0.3) is 0 Å². The lowest BCUT2D eigenvalue weighted by Crippen LogP contribution is -2.21. The molecule has 0 bridgehead atoms. The summed E-state index contributed by atoms with van der Waals surface area (Å²) in [6, 6.07) is 22.7. The minimum absolute atomic E-state index is 0.00942. The van der Waals surface area contributed by atoms with E-state index in [2.05, 4.69) is 10.6 Å². The van der Waals surface area contributed by atoms with Crippen LogP contribution in [0.3, 0.4) is 0 Å². The average Bonchev–Trinajstić information content (AvgIpc) is 2.85. The number of amides is 2. The summed E-state index contributed by atoms with van der Waals surface area (Å²) in [6.07, 6.45) is 0.406. The summed E-state index contributed by atoms with van der Waals surface area (Å²) in [5, 5.41) is 5.35. The van der Waals surface area contributed by atoms with Gasteiger partial charge in [0, 0.05) is 29.8 Å². The van der Waals surface area contributed by atoms with Gasteiger partial charge in [0.15, 0.2) is 12.4 Å². The van der Waals surface area contributed by atoms with Crippen LogP contribution in [0.4, 0.5) is 11.4 Å². The number of Topliss-reactive ketones (excluding diaryl/α,β-unsaturated/α-hetero) is 1. The minimum atomic E-state index is -0.564. The first-order chi connectivity index (χ1) is 16.9. The van der Waals surface area contributed by atoms with Crippen LogP contribution in [-0.2, 0) is 19.1 Å². The Labute approximate surface area is 203 Å². The normalized spacial score (nSPS) is 10.2. The number of anilines is 2. The van der Waals surface area contributed by atoms with Crippen molar-refractivity contribution in [1.29, 1.82) is 0 Å². The molecule has 0 atom stereocenters. The first-order valence-electron chi connectivity index (χ1n) is 11.1. The Morgan fingerprint density at radius 1 is 0.686 bits per heavy atom. The molecule has 0 aromatic heterocycles. The second kappa shape index (κ2) is 12.7. The zero-order chi connectivity index (χ0) is 25.0. The van der Waals surface area contributed by atoms with Gasteiger partial charge in [-0.1, -0.05) is 18.2 Å². The van der Waals surface area contributed by atoms with Gasteiger partial charge >= 0.3 is 5.97 Å². The maximum absolute atomic E-state index is 12.0. The van der Waals surface area contributed by atoms with Crippen molar-refractivity contribution in [2.45, 2.75) is 26.2 Å². The highest BCUT2D eigenvalue weighted by atomic mass is 16.5. The molecule has 180 valence electrons. The lowest BCUT2D eigenvalue weighted by atomic mass is 10.1. The van der Waals surface area contributed by atoms with Crippen molar-refractivity contribution in [3.63, 3.8) is 0 Å². The molecule has 2 N–H and O–H groups in total. The van der Waals surface area contributed by atoms with Gasteiger partial charge in [-0.3, -0.25) is 19.2 Å². The zero-order valence-electron chi connectivity index (χ0n) is 19.3. The smallest absolute Gasteiger partial charge is 0.306 e. The van der Waals surface area contributed by atoms with E-state index in [0.29, 0.717) is 28.4 Å². The van der Waals surface area contributed by atoms with E-state index in [1.54, 1.807) is 48.5 Å². The first kappa shape index (κ1) is 25.2. The Balaban J connectivity index is 1.31. The predicted molar refractivity (Wildman–Crippen MR) is 131 cm³/mol. The number of ether oxygens (including phenoxy) is 2. The summed E-state index contributed by atoms with van der Waals surface area (Å²) >= 11 is 0. The minimum Gasteiger partial charge on any atom is -0.457 e. The average molecular weight is 475 g/mol. The van der Waals surface area contributed by atoms with Crippen LogP contribution in [0, 0.1) is 0 Å². The number of ketones is 1. The molecule has 8 heteroatoms. The Bertz CT molecular complexity index is 1160. The van der Waals surface area contributed by atoms with Crippen molar-refractivity contribution in [3.8, 4) is 11.5 Å². The van der Waals surface area contributed by atoms with Crippen LogP contribution in [0.5, 0.6) is 11.5 Å². The fourth-order valence-electron chi connectivity index (χ4n) is 3.05. The lowest BCUT2D eigenvalue weighted by molar-refractivity contribution is -0.147. The summed E-state index contributed by atoms with van der Waals surface area (Å²) in [5.74, 6) is -0.0193. The summed E-state index contributed by atoms with van der Waals surface area (Å²) in [4.78, 5) is 47.2. The third-order valence-corrected chi connectivity index (χ3v) is 4.84. The van der Waals surface area contributed by atoms with Crippen LogP contribution in [0.1, 0.15) is 36.5 Å². The number of nitrogens with one attached hydrogen (secondary N) is 2. The number of hydrogen-bond acceptors (Lipinski definition) is 6. The van der Waals surface area contributed by atoms with E-state index in [1.165, 1.54) is 6.92 Å². The van der Waals surface area contributed by atoms with E-state index in [9.17, 15) is 19.2 Å². The molecule has 8 nitrogen and oxygen atoms in total. The fourth-order valence-corrected chi connectivity index (χ4v) is 3.05. The maximum Gasteiger partial charge on any atom is 0.306 e. The van der Waals surface area contributed by atoms with Crippen molar-refractivity contribution in [2.75, 3.05) is 17.2 Å². The SMILES string of the molecule is CC(=O)c1ccc(NC(=O)CCCC(=O)OCC(=O)Nc2ccc(Oc3ccccc3)cc2)cc1. The molecule has 35 heavy (non-hydrogen) atoms. The highest BCUT2D eigenvalue weighted by Crippen LogP contribution is 2.22. The lowest BCUT2D eigenvalue weighted by Gasteiger charge is -2.09. The zero-order valence-corrected chi connectivity index (χ0v) is 19.3. The number of para-hydroxylation sites is 1. The molecule has 0 saturated heterocycles. The van der Waals surface area contributed by atoms with Crippen LogP contribution in [0.2, 0.25) is 0 Å². The Kier molecular flexibility index (Phi) is 9.13. The number of carbonyl (C=O) groups is 4. The first-order valence-corrected chi connectivity index (χ1v) is 11.1. The second-order valence-corrected chi connectivity index (χ2v) is 7.68. The maximum atomic E-state index is 12.0. The Morgan fingerprint density at radius 3 is 1.89 bits per heavy atom. The summed E-state index contributed by atoms with van der Waals surface area (Å²) in [5.41, 5.74) is 1.67. The Morgan fingerprint density at radius 2 is 1.26 bits per heavy atom. The molecule has 0 spiro atoms. The van der Waals surface area contributed by atoms with Gasteiger partial charge in [-0.25, -0.2) is 0 Å². The van der Waals surface area contributed by atoms with Gasteiger partial charge in [-0.05, 0) is 74.0 Å². The van der Waals surface area contributed by atoms with Crippen LogP contribution in [-0.4, -0.2) is 30.2 Å². The largest absolute Gasteiger partial charge is 0.457 e. The third-order valence-electron chi connectivity index (χ3n) is 4.84. The summed E-state index contributed by atoms with van der Waals surface area (Å²) in [7, 11) is 0. The molecular formula is C27H26N2O6. The van der Waals surface area contributed by atoms with E-state index >= 15 is 0 Å². The van der Waals surface area contributed by atoms with E-state index in [4.69, 9.17) is 9.47 Å². The predicted octanol–water partition coefficient (Wildman–Crippen LogP) is 4.97. The summed E-state index contributed by atoms with van der Waals surface area (Å²) in [6.45, 7) is 1.05. The topological polar surface area (TPSA) is 111 Å². The van der Waals surface area contributed by atoms with Gasteiger partial charge in [0.2, 0.25) is 5.91 Å². The van der Waals surface area contributed by atoms with Crippen molar-refractivity contribution < 1.29 is 28.7 Å². The quantitative estimate of drug-likeness (QED) is 0.300. The van der Waals surface area contributed by atoms with E-state index in [1.807, 2.05) is 30.3 Å². The van der Waals surface area contributed by atoms with Crippen molar-refractivity contribution in [3.05, 3.63) is 84.4 Å². The molecule has 3 aromatic carbocycles. The van der Waals surface area contributed by atoms with Gasteiger partial charge < -0.3 is 20.1 Å². The molecular weight excluding hydrogens is 448 g/mol. The van der Waals surface area contributed by atoms with Gasteiger partial charge in [0.25, 0.3) is 5.91 Å². The van der Waals surface area contributed by atoms with Crippen molar-refractivity contribution in [2.24, 2.45) is 0 Å². The van der Waals surface area contributed by atoms with Crippen LogP contribution >= 0.6 is 0 Å². The van der Waals surface area contributed by atoms with E-state index < -0.39 is 18.5 Å². The molecule has 0 heterocycles. The molecule has 0 aliphatic rings. The third kappa shape index (κ3) is 8.77. The molecule has 0 saturated carbocycles. The fraction of sp³-hybridized carbons (Fsp3) is 0.185. The number of carbonyl (C=O) groups excluding carboxylic acids is 4. The van der Waals surface area contributed by atoms with Gasteiger partial charge in [-0.15, -0.1) is 0 Å². The standard InChI is InChI=1S/C27H26N2O6/c1-19(30)20-10-12-21(13-11-20)28-25(31)8-5-9-27(33)34-18-26(32)29-22-14-16-24(17-15-22)35-23-6-3-2-4-7-23/h2-4,6-7,10-17H,5,8-9,18H2,1H3,(H,28,31)(H,29,32). The van der Waals surface area contributed by atoms with Crippen LogP contribution in [0.15, 0.2) is 78.9 Å². The van der Waals surface area contributed by atoms with Gasteiger partial charge in [-0.2, -0.15) is 0 Å². The second-order valence-electron chi connectivity index (χ2n) is 7.68. The molecule has 0 radical (unpaired) electrons. The van der Waals surface area contributed by atoms with E-state index in [-0.39, 0.29) is 31.0 Å². The highest BCUT2D eigenvalue weighted by Gasteiger charge is 2.10. The van der Waals surface area contributed by atoms with Crippen molar-refractivity contribution in [1.82, 2.24) is 0 Å². The molecule has 3 aromatic rings. The van der Waals surface area contributed by atoms with Crippen LogP contribution < -0.4 is 15.4 Å². The molecule has 0 aliphatic carbocycles. The van der Waals surface area contributed by atoms with E-state index in [0.717, 1.165) is 0 Å². The summed E-state index contributed by atoms with van der Waals surface area (Å²) < 4.78 is 10.7. The number of rotatable bonds is 11. The molecule has 0 fully saturated rings. The van der Waals surface area contributed by atoms with Crippen molar-refractivity contribution >= 4 is 34.9 Å². The Hall–Kier alpha value is -4.46. The molecule has 2 amide bonds. The molecule has 0 aliphatic heterocycles. The van der Waals surface area contributed by atoms with Gasteiger partial charge in [0.05, 0.1) is 0 Å². The molecule has 0 unspecified atom stereocenters. The number of benzene rings is 3. The molecule has 3 rings (SSSR count). The van der Waals surface area contributed by atoms with Gasteiger partial charge in [0.1, 0.15) is 11.5 Å².